The molecular formula is C9H17N2O. The molecule has 0 bridgehead atoms. The molecule has 1 saturated heterocycles. The fraction of sp³-hybridized carbons (Fsp3) is 0.778. The van der Waals surface area contributed by atoms with Crippen molar-refractivity contribution in [2.45, 2.75) is 13.3 Å². The van der Waals surface area contributed by atoms with Crippen LogP contribution in [0.2, 0.25) is 0 Å². The lowest BCUT2D eigenvalue weighted by atomic mass is 10.4. The van der Waals surface area contributed by atoms with Crippen molar-refractivity contribution < 1.29 is 4.79 Å². The lowest BCUT2D eigenvalue weighted by Crippen LogP contribution is -2.33. The van der Waals surface area contributed by atoms with Gasteiger partial charge in [0.15, 0.2) is 0 Å². The second-order valence-corrected chi connectivity index (χ2v) is 3.20. The van der Waals surface area contributed by atoms with E-state index >= 15 is 0 Å². The number of carbonyl (C=O) groups is 1. The molecule has 1 aliphatic rings. The summed E-state index contributed by atoms with van der Waals surface area (Å²) < 4.78 is 0. The topological polar surface area (TPSA) is 23.6 Å². The number of amides is 1. The third kappa shape index (κ3) is 2.48. The predicted molar refractivity (Wildman–Crippen MR) is 48.7 cm³/mol. The SMILES string of the molecule is [CH2]CN1CCCN(C(C)=O)CC1. The van der Waals surface area contributed by atoms with Crippen LogP contribution in [0.15, 0.2) is 0 Å². The molecule has 0 unspecified atom stereocenters. The van der Waals surface area contributed by atoms with Gasteiger partial charge in [0.05, 0.1) is 0 Å². The number of hydrogen-bond acceptors (Lipinski definition) is 2. The van der Waals surface area contributed by atoms with Gasteiger partial charge in [0, 0.05) is 26.6 Å². The van der Waals surface area contributed by atoms with E-state index in [1.54, 1.807) is 6.92 Å². The standard InChI is InChI=1S/C9H17N2O/c1-3-10-5-4-6-11(8-7-10)9(2)12/h1,3-8H2,2H3. The van der Waals surface area contributed by atoms with Crippen molar-refractivity contribution in [2.75, 3.05) is 32.7 Å². The van der Waals surface area contributed by atoms with Crippen LogP contribution in [0.1, 0.15) is 13.3 Å². The molecule has 0 saturated carbocycles. The first-order valence-electron chi connectivity index (χ1n) is 4.51. The summed E-state index contributed by atoms with van der Waals surface area (Å²) >= 11 is 0. The molecule has 0 atom stereocenters. The summed E-state index contributed by atoms with van der Waals surface area (Å²) in [5.41, 5.74) is 0. The Morgan fingerprint density at radius 1 is 1.33 bits per heavy atom. The van der Waals surface area contributed by atoms with E-state index in [0.717, 1.165) is 39.1 Å². The molecule has 0 aromatic carbocycles. The Hall–Kier alpha value is -0.570. The van der Waals surface area contributed by atoms with Crippen LogP contribution in [0, 0.1) is 6.92 Å². The molecule has 1 fully saturated rings. The van der Waals surface area contributed by atoms with Crippen LogP contribution in [0.5, 0.6) is 0 Å². The van der Waals surface area contributed by atoms with Crippen LogP contribution in [0.4, 0.5) is 0 Å². The lowest BCUT2D eigenvalue weighted by molar-refractivity contribution is -0.128. The van der Waals surface area contributed by atoms with Crippen molar-refractivity contribution in [1.29, 1.82) is 0 Å². The van der Waals surface area contributed by atoms with E-state index < -0.39 is 0 Å². The molecule has 0 aromatic rings. The van der Waals surface area contributed by atoms with Gasteiger partial charge in [-0.1, -0.05) is 0 Å². The van der Waals surface area contributed by atoms with Gasteiger partial charge in [-0.2, -0.15) is 0 Å². The Balaban J connectivity index is 2.39. The molecular weight excluding hydrogens is 152 g/mol. The van der Waals surface area contributed by atoms with Crippen molar-refractivity contribution in [2.24, 2.45) is 0 Å². The number of carbonyl (C=O) groups excluding carboxylic acids is 1. The predicted octanol–water partition coefficient (Wildman–Crippen LogP) is 0.375. The van der Waals surface area contributed by atoms with Crippen LogP contribution in [0.25, 0.3) is 0 Å². The Kier molecular flexibility index (Phi) is 3.53. The quantitative estimate of drug-likeness (QED) is 0.566. The summed E-state index contributed by atoms with van der Waals surface area (Å²) in [6.07, 6.45) is 1.08. The summed E-state index contributed by atoms with van der Waals surface area (Å²) in [6.45, 7) is 10.2. The zero-order chi connectivity index (χ0) is 8.97. The first-order valence-corrected chi connectivity index (χ1v) is 4.51. The largest absolute Gasteiger partial charge is 0.342 e. The van der Waals surface area contributed by atoms with Gasteiger partial charge in [-0.15, -0.1) is 0 Å². The lowest BCUT2D eigenvalue weighted by Gasteiger charge is -2.19. The molecule has 3 heteroatoms. The van der Waals surface area contributed by atoms with Crippen LogP contribution in [-0.4, -0.2) is 48.4 Å². The van der Waals surface area contributed by atoms with E-state index in [1.807, 2.05) is 4.90 Å². The van der Waals surface area contributed by atoms with E-state index in [1.165, 1.54) is 0 Å². The molecule has 1 heterocycles. The third-order valence-corrected chi connectivity index (χ3v) is 2.35. The Bertz CT molecular complexity index is 159. The van der Waals surface area contributed by atoms with Gasteiger partial charge < -0.3 is 9.80 Å². The molecule has 1 radical (unpaired) electrons. The second-order valence-electron chi connectivity index (χ2n) is 3.20. The molecule has 0 N–H and O–H groups in total. The van der Waals surface area contributed by atoms with Gasteiger partial charge in [-0.3, -0.25) is 4.79 Å². The highest BCUT2D eigenvalue weighted by molar-refractivity contribution is 5.73. The van der Waals surface area contributed by atoms with E-state index in [4.69, 9.17) is 0 Å². The minimum Gasteiger partial charge on any atom is -0.342 e. The zero-order valence-corrected chi connectivity index (χ0v) is 7.75. The summed E-state index contributed by atoms with van der Waals surface area (Å²) in [5.74, 6) is 0.195. The number of nitrogens with zero attached hydrogens (tertiary/aromatic N) is 2. The maximum atomic E-state index is 11.0. The Labute approximate surface area is 74.3 Å². The van der Waals surface area contributed by atoms with Gasteiger partial charge in [-0.25, -0.2) is 0 Å². The maximum Gasteiger partial charge on any atom is 0.219 e. The van der Waals surface area contributed by atoms with Crippen LogP contribution < -0.4 is 0 Å². The monoisotopic (exact) mass is 169 g/mol. The smallest absolute Gasteiger partial charge is 0.219 e. The van der Waals surface area contributed by atoms with Crippen LogP contribution in [0.3, 0.4) is 0 Å². The van der Waals surface area contributed by atoms with Gasteiger partial charge in [-0.05, 0) is 26.4 Å². The average molecular weight is 169 g/mol. The fourth-order valence-electron chi connectivity index (χ4n) is 1.51. The average Bonchev–Trinajstić information content (AvgIpc) is 2.28. The summed E-state index contributed by atoms with van der Waals surface area (Å²) in [4.78, 5) is 15.2. The van der Waals surface area contributed by atoms with Gasteiger partial charge in [0.2, 0.25) is 5.91 Å². The summed E-state index contributed by atoms with van der Waals surface area (Å²) in [5, 5.41) is 0. The minimum absolute atomic E-state index is 0.195. The highest BCUT2D eigenvalue weighted by Crippen LogP contribution is 2.02. The van der Waals surface area contributed by atoms with Crippen molar-refractivity contribution in [1.82, 2.24) is 9.80 Å². The number of rotatable bonds is 1. The molecule has 3 nitrogen and oxygen atoms in total. The van der Waals surface area contributed by atoms with Gasteiger partial charge >= 0.3 is 0 Å². The molecule has 1 amide bonds. The van der Waals surface area contributed by atoms with E-state index in [-0.39, 0.29) is 5.91 Å². The summed E-state index contributed by atoms with van der Waals surface area (Å²) in [6, 6.07) is 0. The first kappa shape index (κ1) is 9.52. The second kappa shape index (κ2) is 4.45. The maximum absolute atomic E-state index is 11.0. The van der Waals surface area contributed by atoms with E-state index in [9.17, 15) is 4.79 Å². The third-order valence-electron chi connectivity index (χ3n) is 2.35. The van der Waals surface area contributed by atoms with Crippen LogP contribution >= 0.6 is 0 Å². The molecule has 0 spiro atoms. The van der Waals surface area contributed by atoms with Crippen molar-refractivity contribution in [3.05, 3.63) is 6.92 Å². The minimum atomic E-state index is 0.195. The normalized spacial score (nSPS) is 20.7. The molecule has 12 heavy (non-hydrogen) atoms. The molecule has 0 aromatic heterocycles. The fourth-order valence-corrected chi connectivity index (χ4v) is 1.51. The van der Waals surface area contributed by atoms with Crippen molar-refractivity contribution in [3.8, 4) is 0 Å². The molecule has 1 aliphatic heterocycles. The van der Waals surface area contributed by atoms with Gasteiger partial charge in [0.1, 0.15) is 0 Å². The molecule has 1 rings (SSSR count). The number of hydrogen-bond donors (Lipinski definition) is 0. The zero-order valence-electron chi connectivity index (χ0n) is 7.75. The van der Waals surface area contributed by atoms with Crippen LogP contribution in [-0.2, 0) is 4.79 Å². The van der Waals surface area contributed by atoms with E-state index in [2.05, 4.69) is 11.8 Å². The molecule has 69 valence electrons. The summed E-state index contributed by atoms with van der Waals surface area (Å²) in [7, 11) is 0. The highest BCUT2D eigenvalue weighted by Gasteiger charge is 2.14. The Morgan fingerprint density at radius 2 is 2.08 bits per heavy atom. The van der Waals surface area contributed by atoms with E-state index in [0.29, 0.717) is 0 Å². The molecule has 0 aliphatic carbocycles. The highest BCUT2D eigenvalue weighted by atomic mass is 16.2. The van der Waals surface area contributed by atoms with Crippen molar-refractivity contribution >= 4 is 5.91 Å². The first-order chi connectivity index (χ1) is 5.74. The Morgan fingerprint density at radius 3 is 2.67 bits per heavy atom. The van der Waals surface area contributed by atoms with Gasteiger partial charge in [0.25, 0.3) is 0 Å². The van der Waals surface area contributed by atoms with Crippen molar-refractivity contribution in [3.63, 3.8) is 0 Å².